The van der Waals surface area contributed by atoms with E-state index in [-0.39, 0.29) is 24.2 Å². The Labute approximate surface area is 214 Å². The minimum Gasteiger partial charge on any atom is -0.487 e. The maximum atomic E-state index is 13.9. The highest BCUT2D eigenvalue weighted by molar-refractivity contribution is 7.74. The van der Waals surface area contributed by atoms with E-state index in [1.165, 1.54) is 12.5 Å². The van der Waals surface area contributed by atoms with E-state index in [2.05, 4.69) is 38.9 Å². The van der Waals surface area contributed by atoms with Crippen LogP contribution in [0, 0.1) is 5.92 Å². The van der Waals surface area contributed by atoms with Crippen LogP contribution in [0.2, 0.25) is 0 Å². The second kappa shape index (κ2) is 11.4. The molecule has 1 heterocycles. The van der Waals surface area contributed by atoms with Gasteiger partial charge < -0.3 is 19.1 Å². The third-order valence-corrected chi connectivity index (χ3v) is 8.84. The summed E-state index contributed by atoms with van der Waals surface area (Å²) < 4.78 is 31.5. The monoisotopic (exact) mass is 521 g/mol. The van der Waals surface area contributed by atoms with Gasteiger partial charge in [0.15, 0.2) is 0 Å². The molecule has 8 nitrogen and oxygen atoms in total. The molecule has 2 aliphatic rings. The van der Waals surface area contributed by atoms with Crippen LogP contribution in [-0.4, -0.2) is 35.0 Å². The van der Waals surface area contributed by atoms with Crippen LogP contribution in [-0.2, 0) is 20.5 Å². The van der Waals surface area contributed by atoms with Gasteiger partial charge in [0.25, 0.3) is 0 Å². The molecule has 0 saturated carbocycles. The highest BCUT2D eigenvalue weighted by atomic mass is 31.2. The van der Waals surface area contributed by atoms with Gasteiger partial charge in [0.05, 0.1) is 6.61 Å². The number of carboxylic acid groups (broad SMARTS) is 1. The molecule has 1 aromatic rings. The summed E-state index contributed by atoms with van der Waals surface area (Å²) in [5.41, 5.74) is 1.42. The normalized spacial score (nSPS) is 22.7. The zero-order valence-corrected chi connectivity index (χ0v) is 23.2. The summed E-state index contributed by atoms with van der Waals surface area (Å²) in [7, 11) is -4.42. The summed E-state index contributed by atoms with van der Waals surface area (Å²) in [5, 5.41) is 11.8. The highest BCUT2D eigenvalue weighted by Crippen LogP contribution is 2.56. The molecule has 36 heavy (non-hydrogen) atoms. The molecular weight excluding hydrogens is 481 g/mol. The average molecular weight is 522 g/mol. The molecule has 0 spiro atoms. The van der Waals surface area contributed by atoms with Crippen LogP contribution in [0.25, 0.3) is 0 Å². The molecular formula is C27H40NO7P. The number of ether oxygens (including phenoxy) is 2. The second-order valence-electron chi connectivity index (χ2n) is 10.4. The first kappa shape index (κ1) is 28.3. The maximum Gasteiger partial charge on any atom is 0.424 e. The van der Waals surface area contributed by atoms with Crippen LogP contribution in [0.15, 0.2) is 23.8 Å². The third kappa shape index (κ3) is 6.15. The lowest BCUT2D eigenvalue weighted by Crippen LogP contribution is -2.45. The summed E-state index contributed by atoms with van der Waals surface area (Å²) in [6.45, 7) is 11.3. The Balaban J connectivity index is 2.15. The number of rotatable bonds is 11. The quantitative estimate of drug-likeness (QED) is 0.185. The number of benzene rings is 1. The van der Waals surface area contributed by atoms with Crippen molar-refractivity contribution in [2.45, 2.75) is 97.6 Å². The molecule has 2 N–H and O–H groups in total. The summed E-state index contributed by atoms with van der Waals surface area (Å²) in [6.07, 6.45) is 7.98. The summed E-state index contributed by atoms with van der Waals surface area (Å²) in [5.74, 6) is -0.219. The molecule has 3 rings (SSSR count). The van der Waals surface area contributed by atoms with Gasteiger partial charge in [-0.15, -0.1) is 0 Å². The predicted octanol–water partition coefficient (Wildman–Crippen LogP) is 6.82. The van der Waals surface area contributed by atoms with Gasteiger partial charge in [-0.3, -0.25) is 4.79 Å². The smallest absolute Gasteiger partial charge is 0.424 e. The Hall–Kier alpha value is -2.31. The molecule has 0 aromatic heterocycles. The first-order valence-corrected chi connectivity index (χ1v) is 14.5. The number of carbonyl (C=O) groups excluding carboxylic acids is 1. The molecule has 0 fully saturated rings. The van der Waals surface area contributed by atoms with E-state index in [0.717, 1.165) is 49.7 Å². The van der Waals surface area contributed by atoms with E-state index in [1.807, 2.05) is 12.1 Å². The minimum atomic E-state index is -4.42. The molecule has 1 aliphatic carbocycles. The summed E-state index contributed by atoms with van der Waals surface area (Å²) >= 11 is 0. The Morgan fingerprint density at radius 3 is 2.64 bits per heavy atom. The van der Waals surface area contributed by atoms with E-state index in [4.69, 9.17) is 14.0 Å². The Kier molecular flexibility index (Phi) is 8.94. The Bertz CT molecular complexity index is 1060. The van der Waals surface area contributed by atoms with Crippen molar-refractivity contribution >= 4 is 19.2 Å². The van der Waals surface area contributed by atoms with E-state index in [0.29, 0.717) is 5.75 Å². The fraction of sp³-hybridized carbons (Fsp3) is 0.630. The van der Waals surface area contributed by atoms with Crippen molar-refractivity contribution in [1.82, 2.24) is 5.09 Å². The van der Waals surface area contributed by atoms with Gasteiger partial charge in [0, 0.05) is 17.4 Å². The van der Waals surface area contributed by atoms with Crippen LogP contribution in [0.5, 0.6) is 11.5 Å². The molecule has 1 aliphatic heterocycles. The SMILES string of the molecule is CCCCCc1cc2c(c(OP(=O)(NC(C)C(=O)O)C(=O)OCC)c1)[C@@H]1C=C(C)CC[C@H]1C(C)(C)O2. The molecule has 0 bridgehead atoms. The fourth-order valence-electron chi connectivity index (χ4n) is 5.13. The number of hydrogen-bond donors (Lipinski definition) is 2. The number of fused-ring (bicyclic) bond motifs is 3. The standard InChI is InChI=1S/C27H40NO7P/c1-7-9-10-11-19-15-22-24(20-14-17(3)12-13-21(20)27(5,6)34-22)23(16-19)35-36(32,26(31)33-8-2)28-18(4)25(29)30/h14-16,18,20-21H,7-13H2,1-6H3,(H,28,32)(H,29,30)/t18?,20-,21-,36?/m1/s1. The molecule has 4 atom stereocenters. The average Bonchev–Trinajstić information content (AvgIpc) is 2.78. The van der Waals surface area contributed by atoms with Crippen molar-refractivity contribution in [3.63, 3.8) is 0 Å². The van der Waals surface area contributed by atoms with Crippen molar-refractivity contribution in [3.05, 3.63) is 34.9 Å². The molecule has 9 heteroatoms. The van der Waals surface area contributed by atoms with Crippen molar-refractivity contribution in [2.24, 2.45) is 5.92 Å². The first-order chi connectivity index (χ1) is 16.9. The van der Waals surface area contributed by atoms with Gasteiger partial charge in [0.1, 0.15) is 23.1 Å². The van der Waals surface area contributed by atoms with E-state index < -0.39 is 30.8 Å². The number of aliphatic carboxylic acids is 1. The minimum absolute atomic E-state index is 0.0194. The van der Waals surface area contributed by atoms with Crippen molar-refractivity contribution in [2.75, 3.05) is 6.61 Å². The van der Waals surface area contributed by atoms with Crippen LogP contribution >= 0.6 is 7.52 Å². The Morgan fingerprint density at radius 1 is 1.28 bits per heavy atom. The van der Waals surface area contributed by atoms with Gasteiger partial charge in [-0.1, -0.05) is 31.4 Å². The van der Waals surface area contributed by atoms with Crippen molar-refractivity contribution in [3.8, 4) is 11.5 Å². The number of carbonyl (C=O) groups is 2. The van der Waals surface area contributed by atoms with E-state index >= 15 is 0 Å². The largest absolute Gasteiger partial charge is 0.487 e. The van der Waals surface area contributed by atoms with Crippen LogP contribution in [0.4, 0.5) is 4.79 Å². The van der Waals surface area contributed by atoms with Gasteiger partial charge in [-0.2, -0.15) is 0 Å². The predicted molar refractivity (Wildman–Crippen MR) is 139 cm³/mol. The number of allylic oxidation sites excluding steroid dienone is 2. The lowest BCUT2D eigenvalue weighted by atomic mass is 9.68. The van der Waals surface area contributed by atoms with Gasteiger partial charge in [0.2, 0.25) is 0 Å². The van der Waals surface area contributed by atoms with E-state index in [9.17, 15) is 19.3 Å². The van der Waals surface area contributed by atoms with Gasteiger partial charge in [-0.05, 0) is 78.0 Å². The van der Waals surface area contributed by atoms with Crippen molar-refractivity contribution < 1.29 is 33.3 Å². The fourth-order valence-corrected chi connectivity index (χ4v) is 6.71. The molecule has 0 saturated heterocycles. The summed E-state index contributed by atoms with van der Waals surface area (Å²) in [4.78, 5) is 24.3. The topological polar surface area (TPSA) is 111 Å². The maximum absolute atomic E-state index is 13.9. The number of unbranched alkanes of at least 4 members (excludes halogenated alkanes) is 2. The van der Waals surface area contributed by atoms with Crippen LogP contribution < -0.4 is 14.3 Å². The first-order valence-electron chi connectivity index (χ1n) is 12.9. The van der Waals surface area contributed by atoms with Gasteiger partial charge in [-0.25, -0.2) is 14.4 Å². The molecule has 0 radical (unpaired) electrons. The highest BCUT2D eigenvalue weighted by Gasteiger charge is 2.47. The summed E-state index contributed by atoms with van der Waals surface area (Å²) in [6, 6.07) is 2.56. The lowest BCUT2D eigenvalue weighted by Gasteiger charge is -2.47. The van der Waals surface area contributed by atoms with Crippen LogP contribution in [0.1, 0.15) is 90.7 Å². The zero-order chi connectivity index (χ0) is 26.7. The number of nitrogens with one attached hydrogen (secondary N) is 1. The van der Waals surface area contributed by atoms with Crippen molar-refractivity contribution in [1.29, 1.82) is 0 Å². The van der Waals surface area contributed by atoms with E-state index in [1.54, 1.807) is 6.92 Å². The lowest BCUT2D eigenvalue weighted by molar-refractivity contribution is -0.138. The second-order valence-corrected chi connectivity index (χ2v) is 12.3. The Morgan fingerprint density at radius 2 is 2.00 bits per heavy atom. The molecule has 0 amide bonds. The molecule has 1 aromatic carbocycles. The number of aryl methyl sites for hydroxylation is 1. The third-order valence-electron chi connectivity index (χ3n) is 7.05. The molecule has 200 valence electrons. The number of carboxylic acids is 1. The van der Waals surface area contributed by atoms with Crippen LogP contribution in [0.3, 0.4) is 0 Å². The number of hydrogen-bond acceptors (Lipinski definition) is 6. The zero-order valence-electron chi connectivity index (χ0n) is 22.3. The molecule has 2 unspecified atom stereocenters. The van der Waals surface area contributed by atoms with Gasteiger partial charge >= 0.3 is 19.2 Å².